The topological polar surface area (TPSA) is 53.4 Å². The summed E-state index contributed by atoms with van der Waals surface area (Å²) in [5.41, 5.74) is 0.635. The van der Waals surface area contributed by atoms with E-state index in [0.29, 0.717) is 10.6 Å². The van der Waals surface area contributed by atoms with Gasteiger partial charge in [0.15, 0.2) is 0 Å². The van der Waals surface area contributed by atoms with Gasteiger partial charge in [-0.15, -0.1) is 11.3 Å². The molecule has 108 valence electrons. The molecule has 0 amide bonds. The number of aromatic carboxylic acids is 1. The smallest absolute Gasteiger partial charge is 0.347 e. The molecule has 0 radical (unpaired) electrons. The monoisotopic (exact) mass is 284 g/mol. The maximum Gasteiger partial charge on any atom is 0.347 e. The van der Waals surface area contributed by atoms with Crippen LogP contribution in [-0.2, 0) is 0 Å². The zero-order valence-corrected chi connectivity index (χ0v) is 13.1. The van der Waals surface area contributed by atoms with Gasteiger partial charge in [-0.2, -0.15) is 0 Å². The zero-order chi connectivity index (χ0) is 14.4. The zero-order valence-electron chi connectivity index (χ0n) is 12.3. The molecule has 0 fully saturated rings. The molecule has 1 aromatic rings. The van der Waals surface area contributed by atoms with Gasteiger partial charge in [-0.25, -0.2) is 9.78 Å². The number of likely N-dealkylation sites (N-methyl/N-ethyl adjacent to an activating group) is 1. The van der Waals surface area contributed by atoms with Gasteiger partial charge in [0, 0.05) is 12.5 Å². The Bertz CT molecular complexity index is 418. The number of aryl methyl sites for hydroxylation is 1. The van der Waals surface area contributed by atoms with Crippen LogP contribution in [0, 0.1) is 6.92 Å². The summed E-state index contributed by atoms with van der Waals surface area (Å²) < 4.78 is 0. The Balaban J connectivity index is 2.68. The first kappa shape index (κ1) is 16.1. The maximum absolute atomic E-state index is 11.0. The van der Waals surface area contributed by atoms with Crippen molar-refractivity contribution in [3.63, 3.8) is 0 Å². The van der Waals surface area contributed by atoms with Crippen LogP contribution in [0.1, 0.15) is 59.9 Å². The number of hydrogen-bond donors (Lipinski definition) is 1. The van der Waals surface area contributed by atoms with E-state index in [9.17, 15) is 4.79 Å². The first-order valence-corrected chi connectivity index (χ1v) is 7.74. The maximum atomic E-state index is 11.0. The van der Waals surface area contributed by atoms with Crippen molar-refractivity contribution in [1.29, 1.82) is 0 Å². The van der Waals surface area contributed by atoms with E-state index in [1.807, 2.05) is 0 Å². The molecule has 19 heavy (non-hydrogen) atoms. The van der Waals surface area contributed by atoms with Crippen LogP contribution < -0.4 is 0 Å². The molecular weight excluding hydrogens is 260 g/mol. The molecule has 0 aromatic carbocycles. The molecule has 1 N–H and O–H groups in total. The van der Waals surface area contributed by atoms with Gasteiger partial charge in [-0.1, -0.05) is 27.2 Å². The number of carbonyl (C=O) groups is 1. The molecule has 0 bridgehead atoms. The van der Waals surface area contributed by atoms with Crippen molar-refractivity contribution in [3.05, 3.63) is 15.6 Å². The van der Waals surface area contributed by atoms with Gasteiger partial charge in [-0.05, 0) is 26.4 Å². The number of nitrogens with zero attached hydrogens (tertiary/aromatic N) is 2. The Kier molecular flexibility index (Phi) is 6.45. The largest absolute Gasteiger partial charge is 0.477 e. The minimum Gasteiger partial charge on any atom is -0.477 e. The number of carboxylic acids is 1. The van der Waals surface area contributed by atoms with Crippen LogP contribution in [0.2, 0.25) is 0 Å². The first-order chi connectivity index (χ1) is 8.99. The second-order valence-corrected chi connectivity index (χ2v) is 5.95. The summed E-state index contributed by atoms with van der Waals surface area (Å²) in [6, 6.07) is 0. The predicted molar refractivity (Wildman–Crippen MR) is 79.2 cm³/mol. The molecule has 1 heterocycles. The SMILES string of the molecule is CCCCN(CC)CC(C)c1nc(C)c(C(=O)O)s1. The van der Waals surface area contributed by atoms with E-state index in [0.717, 1.165) is 24.6 Å². The van der Waals surface area contributed by atoms with Crippen molar-refractivity contribution in [2.75, 3.05) is 19.6 Å². The molecule has 0 aliphatic carbocycles. The van der Waals surface area contributed by atoms with Crippen molar-refractivity contribution >= 4 is 17.3 Å². The molecule has 1 unspecified atom stereocenters. The average Bonchev–Trinajstić information content (AvgIpc) is 2.76. The van der Waals surface area contributed by atoms with Gasteiger partial charge >= 0.3 is 5.97 Å². The Morgan fingerprint density at radius 2 is 2.16 bits per heavy atom. The Labute approximate surface area is 119 Å². The van der Waals surface area contributed by atoms with Crippen LogP contribution in [0.15, 0.2) is 0 Å². The first-order valence-electron chi connectivity index (χ1n) is 6.92. The predicted octanol–water partition coefficient (Wildman–Crippen LogP) is 3.38. The van der Waals surface area contributed by atoms with Gasteiger partial charge in [0.1, 0.15) is 4.88 Å². The van der Waals surface area contributed by atoms with Gasteiger partial charge in [0.2, 0.25) is 0 Å². The standard InChI is InChI=1S/C14H24N2O2S/c1-5-7-8-16(6-2)9-10(3)13-15-11(4)12(19-13)14(17)18/h10H,5-9H2,1-4H3,(H,17,18). The molecule has 0 spiro atoms. The van der Waals surface area contributed by atoms with E-state index in [1.165, 1.54) is 24.2 Å². The highest BCUT2D eigenvalue weighted by atomic mass is 32.1. The van der Waals surface area contributed by atoms with E-state index < -0.39 is 5.97 Å². The highest BCUT2D eigenvalue weighted by molar-refractivity contribution is 7.13. The third kappa shape index (κ3) is 4.58. The lowest BCUT2D eigenvalue weighted by Crippen LogP contribution is -2.28. The summed E-state index contributed by atoms with van der Waals surface area (Å²) in [6.07, 6.45) is 2.40. The van der Waals surface area contributed by atoms with E-state index in [-0.39, 0.29) is 5.92 Å². The second-order valence-electron chi connectivity index (χ2n) is 4.92. The fourth-order valence-electron chi connectivity index (χ4n) is 2.05. The number of rotatable bonds is 8. The highest BCUT2D eigenvalue weighted by Gasteiger charge is 2.19. The van der Waals surface area contributed by atoms with Crippen LogP contribution in [-0.4, -0.2) is 40.6 Å². The van der Waals surface area contributed by atoms with Crippen LogP contribution >= 0.6 is 11.3 Å². The van der Waals surface area contributed by atoms with Gasteiger partial charge in [0.25, 0.3) is 0 Å². The summed E-state index contributed by atoms with van der Waals surface area (Å²) >= 11 is 1.31. The molecule has 5 heteroatoms. The molecule has 1 atom stereocenters. The quantitative estimate of drug-likeness (QED) is 0.795. The lowest BCUT2D eigenvalue weighted by Gasteiger charge is -2.23. The van der Waals surface area contributed by atoms with E-state index in [2.05, 4.69) is 30.7 Å². The van der Waals surface area contributed by atoms with Crippen molar-refractivity contribution in [2.24, 2.45) is 0 Å². The Morgan fingerprint density at radius 1 is 1.47 bits per heavy atom. The molecule has 1 aromatic heterocycles. The third-order valence-corrected chi connectivity index (χ3v) is 4.61. The fraction of sp³-hybridized carbons (Fsp3) is 0.714. The summed E-state index contributed by atoms with van der Waals surface area (Å²) in [7, 11) is 0. The van der Waals surface area contributed by atoms with E-state index in [1.54, 1.807) is 6.92 Å². The summed E-state index contributed by atoms with van der Waals surface area (Å²) in [4.78, 5) is 18.2. The fourth-order valence-corrected chi connectivity index (χ4v) is 3.00. The van der Waals surface area contributed by atoms with Crippen molar-refractivity contribution in [1.82, 2.24) is 9.88 Å². The van der Waals surface area contributed by atoms with Gasteiger partial charge in [-0.3, -0.25) is 0 Å². The van der Waals surface area contributed by atoms with Crippen LogP contribution in [0.4, 0.5) is 0 Å². The molecule has 0 aliphatic rings. The Hall–Kier alpha value is -0.940. The highest BCUT2D eigenvalue weighted by Crippen LogP contribution is 2.25. The lowest BCUT2D eigenvalue weighted by molar-refractivity contribution is 0.0701. The summed E-state index contributed by atoms with van der Waals surface area (Å²) in [5, 5.41) is 10.0. The number of hydrogen-bond acceptors (Lipinski definition) is 4. The molecule has 4 nitrogen and oxygen atoms in total. The lowest BCUT2D eigenvalue weighted by atomic mass is 10.1. The van der Waals surface area contributed by atoms with Gasteiger partial charge < -0.3 is 10.0 Å². The molecule has 0 saturated carbocycles. The second kappa shape index (κ2) is 7.60. The number of aromatic nitrogens is 1. The number of carboxylic acid groups (broad SMARTS) is 1. The van der Waals surface area contributed by atoms with Crippen molar-refractivity contribution in [3.8, 4) is 0 Å². The van der Waals surface area contributed by atoms with E-state index >= 15 is 0 Å². The number of thiazole rings is 1. The summed E-state index contributed by atoms with van der Waals surface area (Å²) in [6.45, 7) is 11.3. The molecular formula is C14H24N2O2S. The average molecular weight is 284 g/mol. The van der Waals surface area contributed by atoms with E-state index in [4.69, 9.17) is 5.11 Å². The van der Waals surface area contributed by atoms with Crippen LogP contribution in [0.3, 0.4) is 0 Å². The summed E-state index contributed by atoms with van der Waals surface area (Å²) in [5.74, 6) is -0.583. The van der Waals surface area contributed by atoms with Crippen LogP contribution in [0.5, 0.6) is 0 Å². The van der Waals surface area contributed by atoms with Gasteiger partial charge in [0.05, 0.1) is 10.7 Å². The molecule has 1 rings (SSSR count). The Morgan fingerprint density at radius 3 is 2.63 bits per heavy atom. The minimum absolute atomic E-state index is 0.286. The van der Waals surface area contributed by atoms with Crippen LogP contribution in [0.25, 0.3) is 0 Å². The molecule has 0 saturated heterocycles. The van der Waals surface area contributed by atoms with Crippen molar-refractivity contribution in [2.45, 2.75) is 46.5 Å². The minimum atomic E-state index is -0.869. The third-order valence-electron chi connectivity index (χ3n) is 3.24. The molecule has 0 aliphatic heterocycles. The number of unbranched alkanes of at least 4 members (excludes halogenated alkanes) is 1. The van der Waals surface area contributed by atoms with Crippen molar-refractivity contribution < 1.29 is 9.90 Å². The normalized spacial score (nSPS) is 12.9.